The molecule has 4 rings (SSSR count). The number of hydrogen-bond donors (Lipinski definition) is 2. The number of benzene rings is 1. The summed E-state index contributed by atoms with van der Waals surface area (Å²) in [5.41, 5.74) is 2.67. The molecule has 1 atom stereocenters. The molecule has 3 aromatic rings. The number of carbonyl (C=O) groups is 1. The SMILES string of the molecule is COc1cc(Cl)cc(C)c1-c1nc2nc(NC3CN(C(=O)O)CC3(F)F)ccc2n1C. The first-order chi connectivity index (χ1) is 14.6. The smallest absolute Gasteiger partial charge is 0.407 e. The number of pyridine rings is 1. The number of nitrogens with zero attached hydrogens (tertiary/aromatic N) is 4. The Morgan fingerprint density at radius 3 is 2.74 bits per heavy atom. The first kappa shape index (κ1) is 21.1. The van der Waals surface area contributed by atoms with Crippen molar-refractivity contribution in [1.29, 1.82) is 0 Å². The van der Waals surface area contributed by atoms with Gasteiger partial charge in [-0.3, -0.25) is 4.90 Å². The zero-order valence-electron chi connectivity index (χ0n) is 17.0. The Morgan fingerprint density at radius 2 is 2.10 bits per heavy atom. The minimum atomic E-state index is -3.21. The van der Waals surface area contributed by atoms with Crippen LogP contribution in [-0.4, -0.2) is 62.8 Å². The van der Waals surface area contributed by atoms with Crippen LogP contribution in [0.1, 0.15) is 5.56 Å². The number of aryl methyl sites for hydroxylation is 2. The number of halogens is 3. The summed E-state index contributed by atoms with van der Waals surface area (Å²) in [6.45, 7) is 0.697. The molecule has 2 aromatic heterocycles. The number of nitrogens with one attached hydrogen (secondary N) is 1. The summed E-state index contributed by atoms with van der Waals surface area (Å²) in [5.74, 6) is -1.87. The van der Waals surface area contributed by atoms with E-state index in [1.165, 1.54) is 0 Å². The van der Waals surface area contributed by atoms with Crippen LogP contribution in [0.3, 0.4) is 0 Å². The standard InChI is InChI=1S/C20H20ClF2N5O3/c1-10-6-11(21)7-13(31-3)16(10)18-26-17-12(27(18)2)4-5-15(25-17)24-14-8-28(19(29)30)9-20(14,22)23/h4-7,14H,8-9H2,1-3H3,(H,24,25)(H,29,30). The van der Waals surface area contributed by atoms with Crippen LogP contribution in [0.2, 0.25) is 5.02 Å². The summed E-state index contributed by atoms with van der Waals surface area (Å²) in [6, 6.07) is 5.41. The fraction of sp³-hybridized carbons (Fsp3) is 0.350. The van der Waals surface area contributed by atoms with Crippen LogP contribution in [0.15, 0.2) is 24.3 Å². The van der Waals surface area contributed by atoms with Crippen molar-refractivity contribution in [2.24, 2.45) is 7.05 Å². The Balaban J connectivity index is 1.70. The van der Waals surface area contributed by atoms with Crippen LogP contribution >= 0.6 is 11.6 Å². The van der Waals surface area contributed by atoms with Gasteiger partial charge in [0.05, 0.1) is 31.3 Å². The molecule has 1 aliphatic rings. The Labute approximate surface area is 181 Å². The molecule has 0 bridgehead atoms. The van der Waals surface area contributed by atoms with Crippen molar-refractivity contribution in [3.63, 3.8) is 0 Å². The van der Waals surface area contributed by atoms with Gasteiger partial charge in [0.15, 0.2) is 5.65 Å². The van der Waals surface area contributed by atoms with E-state index in [4.69, 9.17) is 21.4 Å². The molecule has 2 N–H and O–H groups in total. The highest BCUT2D eigenvalue weighted by Crippen LogP contribution is 2.36. The van der Waals surface area contributed by atoms with E-state index in [9.17, 15) is 13.6 Å². The summed E-state index contributed by atoms with van der Waals surface area (Å²) in [4.78, 5) is 20.7. The van der Waals surface area contributed by atoms with Crippen LogP contribution < -0.4 is 10.1 Å². The molecule has 0 radical (unpaired) electrons. The van der Waals surface area contributed by atoms with Crippen LogP contribution in [0, 0.1) is 6.92 Å². The van der Waals surface area contributed by atoms with E-state index in [1.807, 2.05) is 18.5 Å². The van der Waals surface area contributed by atoms with E-state index in [0.717, 1.165) is 11.1 Å². The Hall–Kier alpha value is -3.14. The average molecular weight is 452 g/mol. The molecule has 0 aliphatic carbocycles. The molecule has 3 heterocycles. The minimum Gasteiger partial charge on any atom is -0.496 e. The summed E-state index contributed by atoms with van der Waals surface area (Å²) in [7, 11) is 3.36. The average Bonchev–Trinajstić information content (AvgIpc) is 3.17. The van der Waals surface area contributed by atoms with Gasteiger partial charge in [-0.2, -0.15) is 0 Å². The number of carboxylic acid groups (broad SMARTS) is 1. The van der Waals surface area contributed by atoms with Gasteiger partial charge in [-0.25, -0.2) is 23.5 Å². The molecule has 11 heteroatoms. The maximum Gasteiger partial charge on any atom is 0.407 e. The molecule has 1 aliphatic heterocycles. The van der Waals surface area contributed by atoms with Crippen LogP contribution in [0.5, 0.6) is 5.75 Å². The lowest BCUT2D eigenvalue weighted by molar-refractivity contribution is 0.00478. The largest absolute Gasteiger partial charge is 0.496 e. The number of hydrogen-bond acceptors (Lipinski definition) is 5. The summed E-state index contributed by atoms with van der Waals surface area (Å²) < 4.78 is 35.8. The molecular weight excluding hydrogens is 432 g/mol. The van der Waals surface area contributed by atoms with Gasteiger partial charge in [-0.1, -0.05) is 11.6 Å². The monoisotopic (exact) mass is 451 g/mol. The fourth-order valence-corrected chi connectivity index (χ4v) is 4.06. The van der Waals surface area contributed by atoms with Crippen molar-refractivity contribution in [1.82, 2.24) is 19.4 Å². The predicted molar refractivity (Wildman–Crippen MR) is 112 cm³/mol. The molecular formula is C20H20ClF2N5O3. The van der Waals surface area contributed by atoms with E-state index < -0.39 is 24.6 Å². The van der Waals surface area contributed by atoms with Crippen molar-refractivity contribution in [3.05, 3.63) is 34.9 Å². The second-order valence-corrected chi connectivity index (χ2v) is 7.89. The number of amides is 1. The molecule has 164 valence electrons. The first-order valence-corrected chi connectivity index (χ1v) is 9.78. The van der Waals surface area contributed by atoms with Crippen molar-refractivity contribution in [2.75, 3.05) is 25.5 Å². The Bertz CT molecular complexity index is 1180. The highest BCUT2D eigenvalue weighted by Gasteiger charge is 2.50. The highest BCUT2D eigenvalue weighted by atomic mass is 35.5. The minimum absolute atomic E-state index is 0.189. The Kier molecular flexibility index (Phi) is 5.12. The Morgan fingerprint density at radius 1 is 1.35 bits per heavy atom. The molecule has 1 saturated heterocycles. The molecule has 31 heavy (non-hydrogen) atoms. The summed E-state index contributed by atoms with van der Waals surface area (Å²) in [6.07, 6.45) is -1.38. The number of alkyl halides is 2. The third-order valence-corrected chi connectivity index (χ3v) is 5.58. The number of methoxy groups -OCH3 is 1. The highest BCUT2D eigenvalue weighted by molar-refractivity contribution is 6.31. The maximum absolute atomic E-state index is 14.2. The number of ether oxygens (including phenoxy) is 1. The molecule has 1 fully saturated rings. The van der Waals surface area contributed by atoms with Gasteiger partial charge < -0.3 is 19.7 Å². The van der Waals surface area contributed by atoms with Gasteiger partial charge in [-0.05, 0) is 36.8 Å². The lowest BCUT2D eigenvalue weighted by Gasteiger charge is -2.19. The van der Waals surface area contributed by atoms with E-state index >= 15 is 0 Å². The lowest BCUT2D eigenvalue weighted by atomic mass is 10.1. The van der Waals surface area contributed by atoms with Gasteiger partial charge in [0.1, 0.15) is 23.4 Å². The van der Waals surface area contributed by atoms with Gasteiger partial charge in [-0.15, -0.1) is 0 Å². The molecule has 1 unspecified atom stereocenters. The van der Waals surface area contributed by atoms with Gasteiger partial charge in [0.2, 0.25) is 0 Å². The summed E-state index contributed by atoms with van der Waals surface area (Å²) in [5, 5.41) is 12.2. The van der Waals surface area contributed by atoms with Gasteiger partial charge in [0, 0.05) is 12.1 Å². The third-order valence-electron chi connectivity index (χ3n) is 5.36. The van der Waals surface area contributed by atoms with E-state index in [2.05, 4.69) is 15.3 Å². The zero-order chi connectivity index (χ0) is 22.5. The van der Waals surface area contributed by atoms with Crippen LogP contribution in [-0.2, 0) is 7.05 Å². The number of likely N-dealkylation sites (tertiary alicyclic amines) is 1. The summed E-state index contributed by atoms with van der Waals surface area (Å²) >= 11 is 6.13. The van der Waals surface area contributed by atoms with E-state index in [-0.39, 0.29) is 12.4 Å². The predicted octanol–water partition coefficient (Wildman–Crippen LogP) is 4.02. The van der Waals surface area contributed by atoms with Gasteiger partial charge >= 0.3 is 6.09 Å². The molecule has 1 amide bonds. The molecule has 0 saturated carbocycles. The number of imidazole rings is 1. The number of fused-ring (bicyclic) bond motifs is 1. The lowest BCUT2D eigenvalue weighted by Crippen LogP contribution is -2.38. The van der Waals surface area contributed by atoms with E-state index in [1.54, 1.807) is 31.4 Å². The van der Waals surface area contributed by atoms with Crippen molar-refractivity contribution >= 4 is 34.7 Å². The zero-order valence-corrected chi connectivity index (χ0v) is 17.7. The van der Waals surface area contributed by atoms with Crippen LogP contribution in [0.4, 0.5) is 19.4 Å². The van der Waals surface area contributed by atoms with Crippen molar-refractivity contribution < 1.29 is 23.4 Å². The van der Waals surface area contributed by atoms with Crippen molar-refractivity contribution in [3.8, 4) is 17.1 Å². The number of rotatable bonds is 4. The third kappa shape index (κ3) is 3.71. The first-order valence-electron chi connectivity index (χ1n) is 9.41. The topological polar surface area (TPSA) is 92.5 Å². The van der Waals surface area contributed by atoms with E-state index in [0.29, 0.717) is 32.7 Å². The quantitative estimate of drug-likeness (QED) is 0.622. The maximum atomic E-state index is 14.2. The number of anilines is 1. The molecule has 0 spiro atoms. The molecule has 1 aromatic carbocycles. The fourth-order valence-electron chi connectivity index (χ4n) is 3.80. The number of aromatic nitrogens is 3. The normalized spacial score (nSPS) is 17.9. The van der Waals surface area contributed by atoms with Gasteiger partial charge in [0.25, 0.3) is 5.92 Å². The molecule has 8 nitrogen and oxygen atoms in total. The second kappa shape index (κ2) is 7.52. The van der Waals surface area contributed by atoms with Crippen molar-refractivity contribution in [2.45, 2.75) is 18.9 Å². The second-order valence-electron chi connectivity index (χ2n) is 7.45. The van der Waals surface area contributed by atoms with Crippen LogP contribution in [0.25, 0.3) is 22.6 Å².